The van der Waals surface area contributed by atoms with Crippen LogP contribution in [-0.4, -0.2) is 23.7 Å². The van der Waals surface area contributed by atoms with Gasteiger partial charge in [-0.05, 0) is 72.8 Å². The number of para-hydroxylation sites is 4. The minimum atomic E-state index is 0.731. The lowest BCUT2D eigenvalue weighted by Gasteiger charge is -2.12. The predicted molar refractivity (Wildman–Crippen MR) is 269 cm³/mol. The van der Waals surface area contributed by atoms with Gasteiger partial charge < -0.3 is 13.7 Å². The largest absolute Gasteiger partial charge is 0.309 e. The first-order valence-corrected chi connectivity index (χ1v) is 22.5. The van der Waals surface area contributed by atoms with Crippen molar-refractivity contribution >= 4 is 97.1 Å². The fraction of sp³-hybridized carbons (Fsp3) is 0. The summed E-state index contributed by atoms with van der Waals surface area (Å²) >= 11 is 1.76. The smallest absolute Gasteiger partial charge is 0.160 e. The van der Waals surface area contributed by atoms with Crippen molar-refractivity contribution in [1.82, 2.24) is 23.7 Å². The minimum absolute atomic E-state index is 0.731. The van der Waals surface area contributed by atoms with Crippen LogP contribution in [0, 0.1) is 0 Å². The Morgan fingerprint density at radius 2 is 0.891 bits per heavy atom. The van der Waals surface area contributed by atoms with Crippen molar-refractivity contribution in [3.63, 3.8) is 0 Å². The maximum absolute atomic E-state index is 5.30. The molecule has 0 saturated carbocycles. The maximum atomic E-state index is 5.30. The number of aromatic nitrogens is 5. The number of hydrogen-bond donors (Lipinski definition) is 0. The quantitative estimate of drug-likeness (QED) is 0.173. The van der Waals surface area contributed by atoms with Crippen molar-refractivity contribution in [2.45, 2.75) is 0 Å². The van der Waals surface area contributed by atoms with Crippen LogP contribution in [0.3, 0.4) is 0 Å². The van der Waals surface area contributed by atoms with Crippen LogP contribution >= 0.6 is 11.3 Å². The molecule has 0 amide bonds. The second-order valence-electron chi connectivity index (χ2n) is 16.5. The summed E-state index contributed by atoms with van der Waals surface area (Å²) in [5.74, 6) is 0.731. The average molecular weight is 834 g/mol. The van der Waals surface area contributed by atoms with Gasteiger partial charge in [-0.1, -0.05) is 140 Å². The van der Waals surface area contributed by atoms with E-state index in [9.17, 15) is 0 Å². The molecule has 14 aromatic rings. The molecule has 0 radical (unpaired) electrons. The average Bonchev–Trinajstić information content (AvgIpc) is 4.10. The van der Waals surface area contributed by atoms with Crippen LogP contribution in [0.2, 0.25) is 0 Å². The van der Waals surface area contributed by atoms with Crippen molar-refractivity contribution in [3.05, 3.63) is 212 Å². The first kappa shape index (κ1) is 35.3. The summed E-state index contributed by atoms with van der Waals surface area (Å²) in [4.78, 5) is 10.5. The van der Waals surface area contributed by atoms with E-state index in [0.29, 0.717) is 0 Å². The van der Waals surface area contributed by atoms with Crippen molar-refractivity contribution < 1.29 is 0 Å². The fourth-order valence-corrected chi connectivity index (χ4v) is 11.4. The molecule has 0 aliphatic rings. The molecule has 14 rings (SSSR count). The topological polar surface area (TPSA) is 40.6 Å². The van der Waals surface area contributed by atoms with Gasteiger partial charge in [0.05, 0.1) is 49.0 Å². The molecule has 0 atom stereocenters. The molecule has 0 aliphatic carbocycles. The van der Waals surface area contributed by atoms with Gasteiger partial charge in [-0.25, -0.2) is 9.97 Å². The van der Waals surface area contributed by atoms with Crippen LogP contribution < -0.4 is 0 Å². The number of hydrogen-bond acceptors (Lipinski definition) is 3. The van der Waals surface area contributed by atoms with Crippen molar-refractivity contribution in [2.24, 2.45) is 0 Å². The number of thiophene rings is 1. The Hall–Kier alpha value is -8.32. The van der Waals surface area contributed by atoms with Crippen LogP contribution in [0.1, 0.15) is 0 Å². The fourth-order valence-electron chi connectivity index (χ4n) is 10.3. The highest BCUT2D eigenvalue weighted by Gasteiger charge is 2.23. The minimum Gasteiger partial charge on any atom is -0.309 e. The van der Waals surface area contributed by atoms with Gasteiger partial charge in [-0.2, -0.15) is 0 Å². The van der Waals surface area contributed by atoms with E-state index in [2.05, 4.69) is 220 Å². The Bertz CT molecular complexity index is 4120. The maximum Gasteiger partial charge on any atom is 0.160 e. The van der Waals surface area contributed by atoms with Crippen LogP contribution in [0.4, 0.5) is 0 Å². The molecule has 9 aromatic carbocycles. The van der Waals surface area contributed by atoms with Crippen molar-refractivity contribution in [3.8, 4) is 39.7 Å². The van der Waals surface area contributed by atoms with E-state index in [1.165, 1.54) is 64.6 Å². The Balaban J connectivity index is 1.04. The summed E-state index contributed by atoms with van der Waals surface area (Å²) in [5, 5.41) is 8.52. The molecule has 64 heavy (non-hydrogen) atoms. The second-order valence-corrected chi connectivity index (χ2v) is 17.6. The Morgan fingerprint density at radius 1 is 0.344 bits per heavy atom. The zero-order valence-corrected chi connectivity index (χ0v) is 35.2. The van der Waals surface area contributed by atoms with Gasteiger partial charge in [0.1, 0.15) is 0 Å². The van der Waals surface area contributed by atoms with Gasteiger partial charge in [-0.3, -0.25) is 0 Å². The van der Waals surface area contributed by atoms with Crippen LogP contribution in [0.5, 0.6) is 0 Å². The third-order valence-corrected chi connectivity index (χ3v) is 14.2. The van der Waals surface area contributed by atoms with Gasteiger partial charge in [-0.15, -0.1) is 11.3 Å². The van der Waals surface area contributed by atoms with Gasteiger partial charge in [0.15, 0.2) is 5.82 Å². The summed E-state index contributed by atoms with van der Waals surface area (Å²) < 4.78 is 9.62. The second kappa shape index (κ2) is 13.6. The van der Waals surface area contributed by atoms with E-state index in [1.807, 2.05) is 6.07 Å². The Morgan fingerprint density at radius 3 is 1.62 bits per heavy atom. The summed E-state index contributed by atoms with van der Waals surface area (Å²) in [6.45, 7) is 0. The molecule has 0 N–H and O–H groups in total. The molecular weight excluding hydrogens is 799 g/mol. The molecule has 5 aromatic heterocycles. The van der Waals surface area contributed by atoms with Crippen LogP contribution in [0.15, 0.2) is 212 Å². The molecule has 0 bridgehead atoms. The van der Waals surface area contributed by atoms with Crippen LogP contribution in [0.25, 0.3) is 125 Å². The van der Waals surface area contributed by atoms with E-state index in [0.717, 1.165) is 60.8 Å². The number of rotatable bonds is 5. The third-order valence-electron chi connectivity index (χ3n) is 13.0. The molecule has 0 aliphatic heterocycles. The lowest BCUT2D eigenvalue weighted by atomic mass is 10.1. The highest BCUT2D eigenvalue weighted by atomic mass is 32.1. The highest BCUT2D eigenvalue weighted by molar-refractivity contribution is 7.26. The monoisotopic (exact) mass is 833 g/mol. The molecule has 5 nitrogen and oxygen atoms in total. The van der Waals surface area contributed by atoms with Gasteiger partial charge >= 0.3 is 0 Å². The summed E-state index contributed by atoms with van der Waals surface area (Å²) in [5.41, 5.74) is 14.4. The molecule has 0 saturated heterocycles. The van der Waals surface area contributed by atoms with Gasteiger partial charge in [0.25, 0.3) is 0 Å². The zero-order chi connectivity index (χ0) is 41.9. The molecule has 0 spiro atoms. The number of nitrogens with zero attached hydrogens (tertiary/aromatic N) is 5. The van der Waals surface area contributed by atoms with Crippen LogP contribution in [-0.2, 0) is 0 Å². The molecule has 5 heterocycles. The standard InChI is InChI=1S/C58H35N5S/c1-3-15-37(16-4-1)58-59-54(57-55(60-58)45-22-10-14-26-52(45)64-57)36-27-29-39(30-28-36)63-50-33-31-40(62-47-23-11-7-19-41(47)42-20-8-12-24-48(42)62)35-46(50)43-32-34-51-53(56(43)63)44-21-9-13-25-49(44)61(51)38-17-5-2-6-18-38/h1-35H. The lowest BCUT2D eigenvalue weighted by molar-refractivity contribution is 1.16. The van der Waals surface area contributed by atoms with E-state index in [1.54, 1.807) is 11.3 Å². The van der Waals surface area contributed by atoms with Gasteiger partial charge in [0, 0.05) is 70.6 Å². The third kappa shape index (κ3) is 5.05. The highest BCUT2D eigenvalue weighted by Crippen LogP contribution is 2.44. The van der Waals surface area contributed by atoms with Crippen molar-refractivity contribution in [2.75, 3.05) is 0 Å². The Labute approximate surface area is 371 Å². The molecule has 0 unspecified atom stereocenters. The van der Waals surface area contributed by atoms with Gasteiger partial charge in [0.2, 0.25) is 0 Å². The normalized spacial score (nSPS) is 12.1. The first-order valence-electron chi connectivity index (χ1n) is 21.7. The summed E-state index contributed by atoms with van der Waals surface area (Å²) in [6.07, 6.45) is 0. The molecule has 0 fully saturated rings. The summed E-state index contributed by atoms with van der Waals surface area (Å²) in [6, 6.07) is 76.6. The molecule has 298 valence electrons. The SMILES string of the molecule is c1ccc(-c2nc(-c3ccc(-n4c5ccc(-n6c7ccccc7c7ccccc76)cc5c5ccc6c(c7ccccc7n6-c6ccccc6)c54)cc3)c3sc4ccccc4c3n2)cc1. The summed E-state index contributed by atoms with van der Waals surface area (Å²) in [7, 11) is 0. The van der Waals surface area contributed by atoms with E-state index >= 15 is 0 Å². The zero-order valence-electron chi connectivity index (χ0n) is 34.4. The van der Waals surface area contributed by atoms with Crippen molar-refractivity contribution in [1.29, 1.82) is 0 Å². The first-order chi connectivity index (χ1) is 31.8. The lowest BCUT2D eigenvalue weighted by Crippen LogP contribution is -1.97. The molecule has 6 heteroatoms. The molecular formula is C58H35N5S. The number of fused-ring (bicyclic) bond motifs is 13. The van der Waals surface area contributed by atoms with E-state index < -0.39 is 0 Å². The number of benzene rings is 9. The van der Waals surface area contributed by atoms with E-state index in [4.69, 9.17) is 9.97 Å². The van der Waals surface area contributed by atoms with E-state index in [-0.39, 0.29) is 0 Å². The predicted octanol–water partition coefficient (Wildman–Crippen LogP) is 15.5. The Kier molecular flexibility index (Phi) is 7.49.